The summed E-state index contributed by atoms with van der Waals surface area (Å²) in [6.45, 7) is 3.47. The minimum atomic E-state index is -4.22. The van der Waals surface area contributed by atoms with E-state index in [1.807, 2.05) is 13.8 Å². The first-order valence-corrected chi connectivity index (χ1v) is 10.1. The zero-order chi connectivity index (χ0) is 21.2. The summed E-state index contributed by atoms with van der Waals surface area (Å²) >= 11 is 6.08. The maximum Gasteiger partial charge on any atom is 0.390 e. The van der Waals surface area contributed by atoms with E-state index in [0.717, 1.165) is 31.4 Å². The van der Waals surface area contributed by atoms with Gasteiger partial charge in [0.25, 0.3) is 0 Å². The first-order chi connectivity index (χ1) is 13.5. The van der Waals surface area contributed by atoms with Gasteiger partial charge in [-0.1, -0.05) is 11.6 Å². The van der Waals surface area contributed by atoms with Crippen molar-refractivity contribution >= 4 is 17.3 Å². The zero-order valence-corrected chi connectivity index (χ0v) is 17.3. The molecule has 160 valence electrons. The third-order valence-corrected chi connectivity index (χ3v) is 5.70. The molecule has 1 aliphatic carbocycles. The summed E-state index contributed by atoms with van der Waals surface area (Å²) in [5, 5.41) is 18.3. The van der Waals surface area contributed by atoms with Crippen molar-refractivity contribution < 1.29 is 18.3 Å². The van der Waals surface area contributed by atoms with Gasteiger partial charge in [-0.25, -0.2) is 4.98 Å². The van der Waals surface area contributed by atoms with Crippen LogP contribution in [0.1, 0.15) is 46.0 Å². The zero-order valence-electron chi connectivity index (χ0n) is 16.5. The molecule has 1 saturated carbocycles. The molecule has 2 aromatic heterocycles. The SMILES string of the molecule is CC(C)(O)C1CCC(Nc2cc(Cl)ncc2-c2ccn(CCC(F)(F)F)n2)CC1. The van der Waals surface area contributed by atoms with Gasteiger partial charge in [-0.15, -0.1) is 0 Å². The second-order valence-electron chi connectivity index (χ2n) is 8.23. The normalized spacial score (nSPS) is 20.7. The predicted molar refractivity (Wildman–Crippen MR) is 107 cm³/mol. The molecule has 0 spiro atoms. The monoisotopic (exact) mass is 430 g/mol. The second-order valence-corrected chi connectivity index (χ2v) is 8.62. The summed E-state index contributed by atoms with van der Waals surface area (Å²) in [6, 6.07) is 3.61. The summed E-state index contributed by atoms with van der Waals surface area (Å²) in [5.41, 5.74) is 1.32. The standard InChI is InChI=1S/C20H26ClF3N4O/c1-19(2,29)13-3-5-14(6-4-13)26-17-11-18(21)25-12-15(17)16-7-9-28(27-16)10-8-20(22,23)24/h7,9,11-14,29H,3-6,8,10H2,1-2H3,(H,25,26). The van der Waals surface area contributed by atoms with E-state index in [4.69, 9.17) is 11.6 Å². The van der Waals surface area contributed by atoms with E-state index in [1.165, 1.54) is 10.9 Å². The molecule has 1 aliphatic rings. The van der Waals surface area contributed by atoms with Crippen molar-refractivity contribution in [1.82, 2.24) is 14.8 Å². The minimum absolute atomic E-state index is 0.220. The molecular weight excluding hydrogens is 405 g/mol. The van der Waals surface area contributed by atoms with Gasteiger partial charge in [0, 0.05) is 36.2 Å². The number of anilines is 1. The number of nitrogens with one attached hydrogen (secondary N) is 1. The molecular formula is C20H26ClF3N4O. The Morgan fingerprint density at radius 1 is 1.24 bits per heavy atom. The van der Waals surface area contributed by atoms with Gasteiger partial charge in [0.15, 0.2) is 0 Å². The van der Waals surface area contributed by atoms with Crippen LogP contribution in [0.5, 0.6) is 0 Å². The lowest BCUT2D eigenvalue weighted by atomic mass is 9.77. The highest BCUT2D eigenvalue weighted by atomic mass is 35.5. The fourth-order valence-electron chi connectivity index (χ4n) is 3.79. The molecule has 0 aliphatic heterocycles. The van der Waals surface area contributed by atoms with E-state index in [9.17, 15) is 18.3 Å². The molecule has 0 unspecified atom stereocenters. The van der Waals surface area contributed by atoms with Crippen LogP contribution in [-0.4, -0.2) is 37.7 Å². The Morgan fingerprint density at radius 3 is 2.55 bits per heavy atom. The molecule has 0 aromatic carbocycles. The van der Waals surface area contributed by atoms with E-state index < -0.39 is 18.2 Å². The van der Waals surface area contributed by atoms with Gasteiger partial charge in [0.05, 0.1) is 17.7 Å². The van der Waals surface area contributed by atoms with Crippen molar-refractivity contribution in [3.05, 3.63) is 29.7 Å². The Morgan fingerprint density at radius 2 is 1.93 bits per heavy atom. The van der Waals surface area contributed by atoms with Crippen LogP contribution in [0.15, 0.2) is 24.5 Å². The molecule has 0 amide bonds. The van der Waals surface area contributed by atoms with Crippen molar-refractivity contribution in [2.45, 2.75) is 70.3 Å². The van der Waals surface area contributed by atoms with Gasteiger partial charge in [-0.05, 0) is 57.6 Å². The summed E-state index contributed by atoms with van der Waals surface area (Å²) < 4.78 is 38.6. The Hall–Kier alpha value is -1.80. The lowest BCUT2D eigenvalue weighted by Gasteiger charge is -2.36. The Balaban J connectivity index is 1.72. The smallest absolute Gasteiger partial charge is 0.390 e. The van der Waals surface area contributed by atoms with E-state index >= 15 is 0 Å². The molecule has 9 heteroatoms. The van der Waals surface area contributed by atoms with Crippen LogP contribution in [-0.2, 0) is 6.54 Å². The average Bonchev–Trinajstić information content (AvgIpc) is 3.08. The van der Waals surface area contributed by atoms with Gasteiger partial charge in [-0.2, -0.15) is 18.3 Å². The molecule has 2 heterocycles. The molecule has 29 heavy (non-hydrogen) atoms. The predicted octanol–water partition coefficient (Wildman–Crippen LogP) is 5.29. The fourth-order valence-corrected chi connectivity index (χ4v) is 3.95. The van der Waals surface area contributed by atoms with Crippen molar-refractivity contribution in [2.75, 3.05) is 5.32 Å². The highest BCUT2D eigenvalue weighted by molar-refractivity contribution is 6.29. The fraction of sp³-hybridized carbons (Fsp3) is 0.600. The highest BCUT2D eigenvalue weighted by Crippen LogP contribution is 2.35. The first-order valence-electron chi connectivity index (χ1n) is 9.76. The summed E-state index contributed by atoms with van der Waals surface area (Å²) in [4.78, 5) is 4.11. The number of aromatic nitrogens is 3. The Kier molecular flexibility index (Phi) is 6.43. The molecule has 1 fully saturated rings. The quantitative estimate of drug-likeness (QED) is 0.611. The average molecular weight is 431 g/mol. The lowest BCUT2D eigenvalue weighted by Crippen LogP contribution is -2.37. The van der Waals surface area contributed by atoms with Gasteiger partial charge >= 0.3 is 6.18 Å². The number of halogens is 4. The summed E-state index contributed by atoms with van der Waals surface area (Å²) in [5.74, 6) is 0.269. The summed E-state index contributed by atoms with van der Waals surface area (Å²) in [6.07, 6.45) is 1.63. The first kappa shape index (κ1) is 21.9. The molecule has 0 atom stereocenters. The second kappa shape index (κ2) is 8.52. The van der Waals surface area contributed by atoms with E-state index in [1.54, 1.807) is 18.3 Å². The minimum Gasteiger partial charge on any atom is -0.390 e. The number of nitrogens with zero attached hydrogens (tertiary/aromatic N) is 3. The van der Waals surface area contributed by atoms with E-state index in [2.05, 4.69) is 15.4 Å². The number of alkyl halides is 3. The van der Waals surface area contributed by atoms with Crippen LogP contribution in [0, 0.1) is 5.92 Å². The third-order valence-electron chi connectivity index (χ3n) is 5.50. The maximum absolute atomic E-state index is 12.4. The van der Waals surface area contributed by atoms with Crippen LogP contribution in [0.2, 0.25) is 5.15 Å². The van der Waals surface area contributed by atoms with Crippen molar-refractivity contribution in [1.29, 1.82) is 0 Å². The van der Waals surface area contributed by atoms with Gasteiger partial charge in [0.1, 0.15) is 5.15 Å². The van der Waals surface area contributed by atoms with Crippen LogP contribution < -0.4 is 5.32 Å². The van der Waals surface area contributed by atoms with Gasteiger partial charge in [-0.3, -0.25) is 4.68 Å². The van der Waals surface area contributed by atoms with Crippen LogP contribution in [0.3, 0.4) is 0 Å². The number of hydrogen-bond donors (Lipinski definition) is 2. The van der Waals surface area contributed by atoms with E-state index in [-0.39, 0.29) is 18.5 Å². The van der Waals surface area contributed by atoms with Crippen LogP contribution >= 0.6 is 11.6 Å². The van der Waals surface area contributed by atoms with Crippen molar-refractivity contribution in [3.63, 3.8) is 0 Å². The van der Waals surface area contributed by atoms with Crippen LogP contribution in [0.25, 0.3) is 11.3 Å². The molecule has 2 aromatic rings. The largest absolute Gasteiger partial charge is 0.390 e. The molecule has 3 rings (SSSR count). The highest BCUT2D eigenvalue weighted by Gasteiger charge is 2.31. The number of pyridine rings is 1. The van der Waals surface area contributed by atoms with Gasteiger partial charge in [0.2, 0.25) is 0 Å². The number of rotatable bonds is 6. The molecule has 5 nitrogen and oxygen atoms in total. The number of aliphatic hydroxyl groups is 1. The van der Waals surface area contributed by atoms with Gasteiger partial charge < -0.3 is 10.4 Å². The molecule has 0 radical (unpaired) electrons. The number of hydrogen-bond acceptors (Lipinski definition) is 4. The molecule has 2 N–H and O–H groups in total. The topological polar surface area (TPSA) is 63.0 Å². The lowest BCUT2D eigenvalue weighted by molar-refractivity contribution is -0.137. The molecule has 0 saturated heterocycles. The third kappa shape index (κ3) is 6.09. The Labute approximate surface area is 173 Å². The van der Waals surface area contributed by atoms with E-state index in [0.29, 0.717) is 16.4 Å². The molecule has 0 bridgehead atoms. The van der Waals surface area contributed by atoms with Crippen molar-refractivity contribution in [2.24, 2.45) is 5.92 Å². The van der Waals surface area contributed by atoms with Crippen LogP contribution in [0.4, 0.5) is 18.9 Å². The Bertz CT molecular complexity index is 824. The number of aryl methyl sites for hydroxylation is 1. The van der Waals surface area contributed by atoms with Crippen molar-refractivity contribution in [3.8, 4) is 11.3 Å². The summed E-state index contributed by atoms with van der Waals surface area (Å²) in [7, 11) is 0. The maximum atomic E-state index is 12.4.